The molecule has 0 aliphatic carbocycles. The molecule has 32 heavy (non-hydrogen) atoms. The van der Waals surface area contributed by atoms with E-state index in [4.69, 9.17) is 9.47 Å². The monoisotopic (exact) mass is 438 g/mol. The van der Waals surface area contributed by atoms with Crippen LogP contribution in [0.25, 0.3) is 21.8 Å². The van der Waals surface area contributed by atoms with Crippen LogP contribution in [0, 0.1) is 5.92 Å². The summed E-state index contributed by atoms with van der Waals surface area (Å²) in [5, 5.41) is 3.69. The summed E-state index contributed by atoms with van der Waals surface area (Å²) in [4.78, 5) is 54.8. The molecule has 1 N–H and O–H groups in total. The lowest BCUT2D eigenvalue weighted by molar-refractivity contribution is -0.158. The first-order valence-corrected chi connectivity index (χ1v) is 9.72. The Hall–Kier alpha value is -4.01. The van der Waals surface area contributed by atoms with Gasteiger partial charge in [-0.3, -0.25) is 14.4 Å². The Labute approximate surface area is 183 Å². The normalized spacial score (nSPS) is 12.6. The zero-order valence-corrected chi connectivity index (χ0v) is 17.8. The summed E-state index contributed by atoms with van der Waals surface area (Å²) in [5.41, 5.74) is 1.46. The number of hydrogen-bond acceptors (Lipinski definition) is 8. The second-order valence-corrected chi connectivity index (χ2v) is 6.91. The van der Waals surface area contributed by atoms with Crippen LogP contribution in [0.2, 0.25) is 0 Å². The molecule has 166 valence electrons. The van der Waals surface area contributed by atoms with Crippen molar-refractivity contribution < 1.29 is 33.4 Å². The molecule has 2 atom stereocenters. The lowest BCUT2D eigenvalue weighted by Crippen LogP contribution is -2.50. The first-order valence-electron chi connectivity index (χ1n) is 9.72. The minimum absolute atomic E-state index is 0.279. The van der Waals surface area contributed by atoms with Crippen molar-refractivity contribution in [2.75, 3.05) is 21.3 Å². The number of ether oxygens (including phenoxy) is 3. The molecule has 0 saturated carbocycles. The van der Waals surface area contributed by atoms with Crippen LogP contribution in [0.15, 0.2) is 48.5 Å². The predicted molar refractivity (Wildman–Crippen MR) is 115 cm³/mol. The average molecular weight is 438 g/mol. The molecule has 0 bridgehead atoms. The number of para-hydroxylation sites is 2. The quantitative estimate of drug-likeness (QED) is 0.338. The first-order chi connectivity index (χ1) is 15.4. The molecule has 9 heteroatoms. The fourth-order valence-corrected chi connectivity index (χ4v) is 3.50. The van der Waals surface area contributed by atoms with Gasteiger partial charge in [-0.25, -0.2) is 9.78 Å². The van der Waals surface area contributed by atoms with Crippen molar-refractivity contribution >= 4 is 45.6 Å². The third-order valence-corrected chi connectivity index (χ3v) is 5.08. The van der Waals surface area contributed by atoms with Gasteiger partial charge in [-0.15, -0.1) is 0 Å². The number of carbonyl (C=O) groups excluding carboxylic acids is 4. The van der Waals surface area contributed by atoms with E-state index in [1.54, 1.807) is 48.5 Å². The molecule has 9 nitrogen and oxygen atoms in total. The molecule has 1 amide bonds. The fourth-order valence-electron chi connectivity index (χ4n) is 3.50. The molecule has 0 aliphatic rings. The van der Waals surface area contributed by atoms with Gasteiger partial charge in [0.15, 0.2) is 0 Å². The van der Waals surface area contributed by atoms with E-state index in [9.17, 15) is 19.2 Å². The Morgan fingerprint density at radius 3 is 1.84 bits per heavy atom. The van der Waals surface area contributed by atoms with Crippen molar-refractivity contribution in [3.05, 3.63) is 54.1 Å². The van der Waals surface area contributed by atoms with E-state index in [1.807, 2.05) is 0 Å². The maximum absolute atomic E-state index is 13.5. The van der Waals surface area contributed by atoms with Crippen LogP contribution in [-0.2, 0) is 28.6 Å². The number of esters is 3. The van der Waals surface area contributed by atoms with Gasteiger partial charge in [0.1, 0.15) is 6.04 Å². The summed E-state index contributed by atoms with van der Waals surface area (Å²) in [6, 6.07) is 12.7. The van der Waals surface area contributed by atoms with Gasteiger partial charge in [-0.2, -0.15) is 0 Å². The molecule has 0 spiro atoms. The Morgan fingerprint density at radius 2 is 1.34 bits per heavy atom. The van der Waals surface area contributed by atoms with E-state index in [0.717, 1.165) is 21.3 Å². The predicted octanol–water partition coefficient (Wildman–Crippen LogP) is 2.01. The maximum atomic E-state index is 13.5. The second kappa shape index (κ2) is 9.86. The van der Waals surface area contributed by atoms with Crippen molar-refractivity contribution in [2.24, 2.45) is 5.92 Å². The van der Waals surface area contributed by atoms with Crippen LogP contribution in [-0.4, -0.2) is 56.2 Å². The van der Waals surface area contributed by atoms with E-state index in [2.05, 4.69) is 15.0 Å². The largest absolute Gasteiger partial charge is 0.469 e. The number of fused-ring (bicyclic) bond motifs is 2. The van der Waals surface area contributed by atoms with Crippen molar-refractivity contribution in [3.8, 4) is 0 Å². The summed E-state index contributed by atoms with van der Waals surface area (Å²) in [7, 11) is 3.38. The molecule has 0 radical (unpaired) electrons. The summed E-state index contributed by atoms with van der Waals surface area (Å²) in [5.74, 6) is -4.49. The Morgan fingerprint density at radius 1 is 0.812 bits per heavy atom. The van der Waals surface area contributed by atoms with Gasteiger partial charge in [-0.1, -0.05) is 36.4 Å². The van der Waals surface area contributed by atoms with E-state index < -0.39 is 42.2 Å². The number of rotatable bonds is 7. The van der Waals surface area contributed by atoms with E-state index in [-0.39, 0.29) is 5.56 Å². The molecular formula is C23H22N2O7. The SMILES string of the molecule is COC(=O)C[C@H](C(=O)OC)[C@H](NC(=O)c1c2ccccc2nc2ccccc12)C(=O)OC. The van der Waals surface area contributed by atoms with Crippen LogP contribution < -0.4 is 5.32 Å². The minimum atomic E-state index is -1.48. The van der Waals surface area contributed by atoms with Crippen molar-refractivity contribution in [1.29, 1.82) is 0 Å². The molecule has 1 heterocycles. The first kappa shape index (κ1) is 22.7. The number of nitrogens with one attached hydrogen (secondary N) is 1. The molecule has 0 fully saturated rings. The van der Waals surface area contributed by atoms with Gasteiger partial charge in [0.2, 0.25) is 0 Å². The lowest BCUT2D eigenvalue weighted by atomic mass is 9.94. The molecule has 0 saturated heterocycles. The number of methoxy groups -OCH3 is 3. The second-order valence-electron chi connectivity index (χ2n) is 6.91. The number of benzene rings is 2. The number of nitrogens with zero attached hydrogens (tertiary/aromatic N) is 1. The maximum Gasteiger partial charge on any atom is 0.329 e. The number of amides is 1. The third kappa shape index (κ3) is 4.51. The smallest absolute Gasteiger partial charge is 0.329 e. The molecule has 2 aromatic carbocycles. The number of hydrogen-bond donors (Lipinski definition) is 1. The highest BCUT2D eigenvalue weighted by Crippen LogP contribution is 2.26. The fraction of sp³-hybridized carbons (Fsp3) is 0.261. The third-order valence-electron chi connectivity index (χ3n) is 5.08. The molecule has 0 aliphatic heterocycles. The van der Waals surface area contributed by atoms with Crippen LogP contribution in [0.1, 0.15) is 16.8 Å². The zero-order chi connectivity index (χ0) is 23.3. The van der Waals surface area contributed by atoms with Gasteiger partial charge >= 0.3 is 17.9 Å². The standard InChI is InChI=1S/C23H22N2O7/c1-30-18(26)12-15(22(28)31-2)20(23(29)32-3)25-21(27)19-13-8-4-6-10-16(13)24-17-11-7-5-9-14(17)19/h4-11,15,20H,12H2,1-3H3,(H,25,27)/t15-,20-/m0/s1. The Balaban J connectivity index is 2.10. The van der Waals surface area contributed by atoms with Crippen molar-refractivity contribution in [1.82, 2.24) is 10.3 Å². The molecular weight excluding hydrogens is 416 g/mol. The molecule has 0 unspecified atom stereocenters. The minimum Gasteiger partial charge on any atom is -0.469 e. The molecule has 1 aromatic heterocycles. The zero-order valence-electron chi connectivity index (χ0n) is 17.8. The highest BCUT2D eigenvalue weighted by Gasteiger charge is 2.39. The van der Waals surface area contributed by atoms with Crippen LogP contribution in [0.3, 0.4) is 0 Å². The van der Waals surface area contributed by atoms with Crippen molar-refractivity contribution in [2.45, 2.75) is 12.5 Å². The Kier molecular flexibility index (Phi) is 6.99. The molecule has 3 rings (SSSR count). The molecule has 3 aromatic rings. The highest BCUT2D eigenvalue weighted by molar-refractivity contribution is 6.16. The summed E-state index contributed by atoms with van der Waals surface area (Å²) >= 11 is 0. The van der Waals surface area contributed by atoms with Crippen LogP contribution in [0.5, 0.6) is 0 Å². The summed E-state index contributed by atoms with van der Waals surface area (Å²) in [6.07, 6.45) is -0.485. The van der Waals surface area contributed by atoms with Gasteiger partial charge in [-0.05, 0) is 12.1 Å². The van der Waals surface area contributed by atoms with Gasteiger partial charge in [0.25, 0.3) is 5.91 Å². The van der Waals surface area contributed by atoms with E-state index >= 15 is 0 Å². The van der Waals surface area contributed by atoms with Crippen LogP contribution >= 0.6 is 0 Å². The van der Waals surface area contributed by atoms with Gasteiger partial charge < -0.3 is 19.5 Å². The topological polar surface area (TPSA) is 121 Å². The number of carbonyl (C=O) groups is 4. The van der Waals surface area contributed by atoms with E-state index in [0.29, 0.717) is 21.8 Å². The lowest BCUT2D eigenvalue weighted by Gasteiger charge is -2.24. The summed E-state index contributed by atoms with van der Waals surface area (Å²) < 4.78 is 14.2. The van der Waals surface area contributed by atoms with E-state index in [1.165, 1.54) is 0 Å². The van der Waals surface area contributed by atoms with Gasteiger partial charge in [0.05, 0.1) is 50.3 Å². The van der Waals surface area contributed by atoms with Crippen molar-refractivity contribution in [3.63, 3.8) is 0 Å². The highest BCUT2D eigenvalue weighted by atomic mass is 16.5. The number of pyridine rings is 1. The summed E-state index contributed by atoms with van der Waals surface area (Å²) in [6.45, 7) is 0. The average Bonchev–Trinajstić information content (AvgIpc) is 2.83. The number of aromatic nitrogens is 1. The Bertz CT molecular complexity index is 1140. The van der Waals surface area contributed by atoms with Crippen LogP contribution in [0.4, 0.5) is 0 Å². The van der Waals surface area contributed by atoms with Gasteiger partial charge in [0, 0.05) is 10.8 Å².